The van der Waals surface area contributed by atoms with Gasteiger partial charge in [0.05, 0.1) is 25.7 Å². The van der Waals surface area contributed by atoms with Crippen molar-refractivity contribution in [2.24, 2.45) is 0 Å². The first-order chi connectivity index (χ1) is 11.9. The Morgan fingerprint density at radius 2 is 2.00 bits per heavy atom. The van der Waals surface area contributed by atoms with Gasteiger partial charge in [0.15, 0.2) is 0 Å². The number of carbonyl (C=O) groups is 2. The molecular weight excluding hydrogens is 368 g/mol. The molecule has 0 bridgehead atoms. The Kier molecular flexibility index (Phi) is 5.42. The van der Waals surface area contributed by atoms with Gasteiger partial charge in [-0.1, -0.05) is 0 Å². The highest BCUT2D eigenvalue weighted by Crippen LogP contribution is 2.29. The van der Waals surface area contributed by atoms with Gasteiger partial charge < -0.3 is 14.7 Å². The molecule has 0 saturated carbocycles. The van der Waals surface area contributed by atoms with Crippen molar-refractivity contribution in [3.63, 3.8) is 0 Å². The number of nitrogens with zero attached hydrogens (tertiary/aromatic N) is 2. The third-order valence-electron chi connectivity index (χ3n) is 4.40. The second kappa shape index (κ2) is 7.40. The monoisotopic (exact) mass is 388 g/mol. The summed E-state index contributed by atoms with van der Waals surface area (Å²) in [5.41, 5.74) is 0. The first-order valence-electron chi connectivity index (χ1n) is 8.09. The van der Waals surface area contributed by atoms with Crippen LogP contribution in [0.1, 0.15) is 28.9 Å². The zero-order valence-electron chi connectivity index (χ0n) is 13.6. The standard InChI is InChI=1S/C15H20N2O6S2/c18-13(19)9-11-10-23-7-6-17(11)15(20)14-12(3-8-24-14)25(21,22)16-4-1-2-5-16/h3,8,11H,1-2,4-7,9-10H2,(H,18,19)/t11-/m1/s1. The zero-order valence-corrected chi connectivity index (χ0v) is 15.2. The summed E-state index contributed by atoms with van der Waals surface area (Å²) >= 11 is 1.07. The molecule has 0 spiro atoms. The summed E-state index contributed by atoms with van der Waals surface area (Å²) in [6.45, 7) is 1.62. The van der Waals surface area contributed by atoms with Crippen molar-refractivity contribution in [3.05, 3.63) is 16.3 Å². The fourth-order valence-corrected chi connectivity index (χ4v) is 6.01. The third kappa shape index (κ3) is 3.71. The number of thiophene rings is 1. The van der Waals surface area contributed by atoms with Crippen LogP contribution in [0.4, 0.5) is 0 Å². The van der Waals surface area contributed by atoms with Crippen molar-refractivity contribution in [1.82, 2.24) is 9.21 Å². The molecule has 10 heteroatoms. The van der Waals surface area contributed by atoms with Gasteiger partial charge in [-0.2, -0.15) is 4.31 Å². The van der Waals surface area contributed by atoms with Crippen LogP contribution in [0.3, 0.4) is 0 Å². The van der Waals surface area contributed by atoms with Gasteiger partial charge >= 0.3 is 5.97 Å². The normalized spacial score (nSPS) is 22.2. The molecule has 0 radical (unpaired) electrons. The van der Waals surface area contributed by atoms with Gasteiger partial charge in [0, 0.05) is 19.6 Å². The molecule has 25 heavy (non-hydrogen) atoms. The van der Waals surface area contributed by atoms with Crippen LogP contribution < -0.4 is 0 Å². The van der Waals surface area contributed by atoms with Crippen molar-refractivity contribution in [3.8, 4) is 0 Å². The van der Waals surface area contributed by atoms with Gasteiger partial charge in [0.2, 0.25) is 10.0 Å². The summed E-state index contributed by atoms with van der Waals surface area (Å²) in [7, 11) is -3.70. The minimum Gasteiger partial charge on any atom is -0.481 e. The predicted octanol–water partition coefficient (Wildman–Crippen LogP) is 0.848. The molecule has 0 aromatic carbocycles. The van der Waals surface area contributed by atoms with Crippen molar-refractivity contribution < 1.29 is 27.9 Å². The fraction of sp³-hybridized carbons (Fsp3) is 0.600. The number of aliphatic carboxylic acids is 1. The van der Waals surface area contributed by atoms with Crippen LogP contribution in [-0.4, -0.2) is 73.5 Å². The van der Waals surface area contributed by atoms with Crippen LogP contribution in [0.25, 0.3) is 0 Å². The summed E-state index contributed by atoms with van der Waals surface area (Å²) < 4.78 is 32.3. The van der Waals surface area contributed by atoms with E-state index in [-0.39, 0.29) is 29.3 Å². The Balaban J connectivity index is 1.88. The van der Waals surface area contributed by atoms with Crippen LogP contribution in [0.5, 0.6) is 0 Å². The van der Waals surface area contributed by atoms with Crippen LogP contribution in [0, 0.1) is 0 Å². The molecule has 0 unspecified atom stereocenters. The number of carboxylic acid groups (broad SMARTS) is 1. The molecule has 3 rings (SSSR count). The number of carbonyl (C=O) groups excluding carboxylic acids is 1. The van der Waals surface area contributed by atoms with Crippen molar-refractivity contribution in [2.75, 3.05) is 32.8 Å². The van der Waals surface area contributed by atoms with E-state index in [2.05, 4.69) is 0 Å². The number of carboxylic acids is 1. The number of hydrogen-bond donors (Lipinski definition) is 1. The van der Waals surface area contributed by atoms with Crippen molar-refractivity contribution >= 4 is 33.2 Å². The molecule has 2 fully saturated rings. The SMILES string of the molecule is O=C(O)C[C@@H]1COCCN1C(=O)c1sccc1S(=O)(=O)N1CCCC1. The number of sulfonamides is 1. The lowest BCUT2D eigenvalue weighted by Gasteiger charge is -2.34. The van der Waals surface area contributed by atoms with Crippen LogP contribution >= 0.6 is 11.3 Å². The first kappa shape index (κ1) is 18.3. The Bertz CT molecular complexity index is 754. The van der Waals surface area contributed by atoms with E-state index in [1.165, 1.54) is 15.3 Å². The quantitative estimate of drug-likeness (QED) is 0.802. The topological polar surface area (TPSA) is 104 Å². The van der Waals surface area contributed by atoms with Crippen LogP contribution in [0.2, 0.25) is 0 Å². The van der Waals surface area contributed by atoms with E-state index in [1.54, 1.807) is 5.38 Å². The lowest BCUT2D eigenvalue weighted by molar-refractivity contribution is -0.139. The highest BCUT2D eigenvalue weighted by atomic mass is 32.2. The van der Waals surface area contributed by atoms with Gasteiger partial charge in [0.1, 0.15) is 9.77 Å². The van der Waals surface area contributed by atoms with Gasteiger partial charge in [-0.05, 0) is 24.3 Å². The van der Waals surface area contributed by atoms with Gasteiger partial charge in [-0.15, -0.1) is 11.3 Å². The number of rotatable bonds is 5. The molecule has 1 amide bonds. The van der Waals surface area contributed by atoms with E-state index in [4.69, 9.17) is 9.84 Å². The lowest BCUT2D eigenvalue weighted by Crippen LogP contribution is -2.49. The molecule has 2 aliphatic rings. The number of amides is 1. The van der Waals surface area contributed by atoms with Crippen molar-refractivity contribution in [1.29, 1.82) is 0 Å². The van der Waals surface area contributed by atoms with Crippen LogP contribution in [-0.2, 0) is 19.6 Å². The maximum atomic E-state index is 12.9. The average Bonchev–Trinajstić information content (AvgIpc) is 3.26. The summed E-state index contributed by atoms with van der Waals surface area (Å²) in [6.07, 6.45) is 1.40. The molecule has 2 aliphatic heterocycles. The highest BCUT2D eigenvalue weighted by Gasteiger charge is 2.36. The molecular formula is C15H20N2O6S2. The molecule has 8 nitrogen and oxygen atoms in total. The Hall–Kier alpha value is -1.49. The summed E-state index contributed by atoms with van der Waals surface area (Å²) in [6, 6.07) is 0.862. The second-order valence-electron chi connectivity index (χ2n) is 6.05. The molecule has 1 atom stereocenters. The Morgan fingerprint density at radius 1 is 1.28 bits per heavy atom. The van der Waals surface area contributed by atoms with E-state index in [0.717, 1.165) is 24.2 Å². The Morgan fingerprint density at radius 3 is 2.68 bits per heavy atom. The third-order valence-corrected chi connectivity index (χ3v) is 7.38. The molecule has 0 aliphatic carbocycles. The first-order valence-corrected chi connectivity index (χ1v) is 10.4. The average molecular weight is 388 g/mol. The lowest BCUT2D eigenvalue weighted by atomic mass is 10.1. The predicted molar refractivity (Wildman–Crippen MR) is 90.2 cm³/mol. The summed E-state index contributed by atoms with van der Waals surface area (Å²) in [4.78, 5) is 25.6. The van der Waals surface area contributed by atoms with E-state index in [1.807, 2.05) is 0 Å². The molecule has 2 saturated heterocycles. The van der Waals surface area contributed by atoms with Crippen LogP contribution in [0.15, 0.2) is 16.3 Å². The molecule has 1 aromatic rings. The molecule has 138 valence electrons. The van der Waals surface area contributed by atoms with Gasteiger partial charge in [0.25, 0.3) is 5.91 Å². The largest absolute Gasteiger partial charge is 0.481 e. The van der Waals surface area contributed by atoms with E-state index >= 15 is 0 Å². The maximum Gasteiger partial charge on any atom is 0.305 e. The second-order valence-corrected chi connectivity index (χ2v) is 8.87. The van der Waals surface area contributed by atoms with E-state index in [0.29, 0.717) is 19.7 Å². The van der Waals surface area contributed by atoms with E-state index in [9.17, 15) is 18.0 Å². The number of morpholine rings is 1. The zero-order chi connectivity index (χ0) is 18.0. The smallest absolute Gasteiger partial charge is 0.305 e. The number of hydrogen-bond acceptors (Lipinski definition) is 6. The maximum absolute atomic E-state index is 12.9. The van der Waals surface area contributed by atoms with Gasteiger partial charge in [-0.25, -0.2) is 8.42 Å². The fourth-order valence-electron chi connectivity index (χ4n) is 3.15. The molecule has 3 heterocycles. The minimum atomic E-state index is -3.70. The number of ether oxygens (including phenoxy) is 1. The summed E-state index contributed by atoms with van der Waals surface area (Å²) in [5.74, 6) is -1.47. The Labute approximate surface area is 150 Å². The minimum absolute atomic E-state index is 0.0185. The molecule has 1 aromatic heterocycles. The summed E-state index contributed by atoms with van der Waals surface area (Å²) in [5, 5.41) is 10.6. The van der Waals surface area contributed by atoms with E-state index < -0.39 is 27.9 Å². The highest BCUT2D eigenvalue weighted by molar-refractivity contribution is 7.89. The van der Waals surface area contributed by atoms with Gasteiger partial charge in [-0.3, -0.25) is 9.59 Å². The van der Waals surface area contributed by atoms with Crippen molar-refractivity contribution in [2.45, 2.75) is 30.2 Å². The molecule has 1 N–H and O–H groups in total.